The van der Waals surface area contributed by atoms with E-state index in [2.05, 4.69) is 22.4 Å². The monoisotopic (exact) mass is 273 g/mol. The van der Waals surface area contributed by atoms with Crippen molar-refractivity contribution in [3.8, 4) is 5.75 Å². The summed E-state index contributed by atoms with van der Waals surface area (Å²) in [6, 6.07) is 7.25. The molecule has 0 aliphatic carbocycles. The van der Waals surface area contributed by atoms with E-state index in [9.17, 15) is 5.11 Å². The number of phenols is 1. The summed E-state index contributed by atoms with van der Waals surface area (Å²) in [5.41, 5.74) is 1.06. The SMILES string of the molecule is CC1CCNC(c2nc(Cc3ccc(O)cc3)no2)C1. The van der Waals surface area contributed by atoms with Crippen LogP contribution in [0.1, 0.15) is 43.1 Å². The van der Waals surface area contributed by atoms with E-state index < -0.39 is 0 Å². The molecule has 2 aromatic rings. The molecule has 1 aliphatic rings. The normalized spacial score (nSPS) is 22.9. The number of aromatic hydroxyl groups is 1. The number of phenolic OH excluding ortho intramolecular Hbond substituents is 1. The number of hydrogen-bond donors (Lipinski definition) is 2. The smallest absolute Gasteiger partial charge is 0.243 e. The maximum atomic E-state index is 9.26. The third kappa shape index (κ3) is 2.99. The Bertz CT molecular complexity index is 565. The van der Waals surface area contributed by atoms with Crippen molar-refractivity contribution in [2.75, 3.05) is 6.54 Å². The Hall–Kier alpha value is -1.88. The number of rotatable bonds is 3. The van der Waals surface area contributed by atoms with E-state index in [1.807, 2.05) is 12.1 Å². The molecule has 0 spiro atoms. The zero-order valence-electron chi connectivity index (χ0n) is 11.5. The van der Waals surface area contributed by atoms with Gasteiger partial charge in [0.25, 0.3) is 0 Å². The first-order chi connectivity index (χ1) is 9.70. The zero-order valence-corrected chi connectivity index (χ0v) is 11.5. The summed E-state index contributed by atoms with van der Waals surface area (Å²) in [5, 5.41) is 16.7. The van der Waals surface area contributed by atoms with Crippen LogP contribution in [-0.4, -0.2) is 21.8 Å². The van der Waals surface area contributed by atoms with E-state index >= 15 is 0 Å². The van der Waals surface area contributed by atoms with E-state index in [0.29, 0.717) is 24.1 Å². The molecule has 2 N–H and O–H groups in total. The molecule has 5 nitrogen and oxygen atoms in total. The Morgan fingerprint density at radius 2 is 2.15 bits per heavy atom. The topological polar surface area (TPSA) is 71.2 Å². The minimum atomic E-state index is 0.180. The molecule has 5 heteroatoms. The number of hydrogen-bond acceptors (Lipinski definition) is 5. The van der Waals surface area contributed by atoms with Crippen LogP contribution in [0.15, 0.2) is 28.8 Å². The maximum absolute atomic E-state index is 9.26. The number of piperidine rings is 1. The number of aromatic nitrogens is 2. The predicted octanol–water partition coefficient (Wildman–Crippen LogP) is 2.43. The highest BCUT2D eigenvalue weighted by atomic mass is 16.5. The molecule has 2 atom stereocenters. The largest absolute Gasteiger partial charge is 0.508 e. The van der Waals surface area contributed by atoms with E-state index in [1.165, 1.54) is 6.42 Å². The average Bonchev–Trinajstić information content (AvgIpc) is 2.90. The van der Waals surface area contributed by atoms with Gasteiger partial charge in [0, 0.05) is 6.42 Å². The Kier molecular flexibility index (Phi) is 3.69. The lowest BCUT2D eigenvalue weighted by atomic mass is 9.94. The lowest BCUT2D eigenvalue weighted by Gasteiger charge is -2.25. The fourth-order valence-corrected chi connectivity index (χ4v) is 2.57. The third-order valence-corrected chi connectivity index (χ3v) is 3.75. The van der Waals surface area contributed by atoms with Crippen molar-refractivity contribution in [3.63, 3.8) is 0 Å². The second-order valence-corrected chi connectivity index (χ2v) is 5.53. The highest BCUT2D eigenvalue weighted by Gasteiger charge is 2.24. The molecule has 0 radical (unpaired) electrons. The lowest BCUT2D eigenvalue weighted by Crippen LogP contribution is -2.30. The van der Waals surface area contributed by atoms with Gasteiger partial charge in [-0.15, -0.1) is 0 Å². The Morgan fingerprint density at radius 3 is 2.90 bits per heavy atom. The van der Waals surface area contributed by atoms with Crippen molar-refractivity contribution in [2.45, 2.75) is 32.2 Å². The molecule has 1 aromatic carbocycles. The van der Waals surface area contributed by atoms with Gasteiger partial charge in [-0.1, -0.05) is 24.2 Å². The molecule has 1 fully saturated rings. The third-order valence-electron chi connectivity index (χ3n) is 3.75. The molecule has 1 aliphatic heterocycles. The van der Waals surface area contributed by atoms with Crippen LogP contribution in [0.3, 0.4) is 0 Å². The number of nitrogens with zero attached hydrogens (tertiary/aromatic N) is 2. The molecule has 0 saturated carbocycles. The van der Waals surface area contributed by atoms with Crippen molar-refractivity contribution in [1.29, 1.82) is 0 Å². The van der Waals surface area contributed by atoms with Gasteiger partial charge in [0.15, 0.2) is 5.82 Å². The fraction of sp³-hybridized carbons (Fsp3) is 0.467. The molecule has 1 saturated heterocycles. The van der Waals surface area contributed by atoms with Gasteiger partial charge in [0.2, 0.25) is 5.89 Å². The van der Waals surface area contributed by atoms with Crippen LogP contribution in [0.25, 0.3) is 0 Å². The Balaban J connectivity index is 1.68. The van der Waals surface area contributed by atoms with Gasteiger partial charge in [0.05, 0.1) is 6.04 Å². The molecule has 20 heavy (non-hydrogen) atoms. The summed E-state index contributed by atoms with van der Waals surface area (Å²) in [7, 11) is 0. The maximum Gasteiger partial charge on any atom is 0.243 e. The number of benzene rings is 1. The highest BCUT2D eigenvalue weighted by Crippen LogP contribution is 2.26. The van der Waals surface area contributed by atoms with Gasteiger partial charge < -0.3 is 14.9 Å². The average molecular weight is 273 g/mol. The van der Waals surface area contributed by atoms with Crippen molar-refractivity contribution < 1.29 is 9.63 Å². The molecular weight excluding hydrogens is 254 g/mol. The molecule has 2 heterocycles. The van der Waals surface area contributed by atoms with Crippen LogP contribution in [-0.2, 0) is 6.42 Å². The summed E-state index contributed by atoms with van der Waals surface area (Å²) in [5.74, 6) is 2.33. The minimum absolute atomic E-state index is 0.180. The summed E-state index contributed by atoms with van der Waals surface area (Å²) >= 11 is 0. The van der Waals surface area contributed by atoms with Crippen LogP contribution in [0.5, 0.6) is 5.75 Å². The summed E-state index contributed by atoms with van der Waals surface area (Å²) in [6.45, 7) is 3.25. The van der Waals surface area contributed by atoms with Crippen LogP contribution < -0.4 is 5.32 Å². The second kappa shape index (κ2) is 5.63. The van der Waals surface area contributed by atoms with Crippen LogP contribution in [0, 0.1) is 5.92 Å². The predicted molar refractivity (Wildman–Crippen MR) is 74.4 cm³/mol. The number of nitrogens with one attached hydrogen (secondary N) is 1. The van der Waals surface area contributed by atoms with Crippen LogP contribution >= 0.6 is 0 Å². The quantitative estimate of drug-likeness (QED) is 0.898. The highest BCUT2D eigenvalue weighted by molar-refractivity contribution is 5.27. The minimum Gasteiger partial charge on any atom is -0.508 e. The van der Waals surface area contributed by atoms with Crippen molar-refractivity contribution >= 4 is 0 Å². The lowest BCUT2D eigenvalue weighted by molar-refractivity contribution is 0.259. The van der Waals surface area contributed by atoms with E-state index in [1.54, 1.807) is 12.1 Å². The summed E-state index contributed by atoms with van der Waals surface area (Å²) in [4.78, 5) is 4.48. The van der Waals surface area contributed by atoms with Gasteiger partial charge in [-0.2, -0.15) is 4.98 Å². The molecule has 0 bridgehead atoms. The molecule has 0 amide bonds. The van der Waals surface area contributed by atoms with Crippen LogP contribution in [0.4, 0.5) is 0 Å². The Morgan fingerprint density at radius 1 is 1.35 bits per heavy atom. The van der Waals surface area contributed by atoms with Gasteiger partial charge in [-0.3, -0.25) is 0 Å². The second-order valence-electron chi connectivity index (χ2n) is 5.53. The fourth-order valence-electron chi connectivity index (χ4n) is 2.57. The first kappa shape index (κ1) is 13.1. The van der Waals surface area contributed by atoms with Crippen LogP contribution in [0.2, 0.25) is 0 Å². The summed E-state index contributed by atoms with van der Waals surface area (Å²) in [6.07, 6.45) is 2.86. The molecule has 3 rings (SSSR count). The van der Waals surface area contributed by atoms with Crippen molar-refractivity contribution in [2.24, 2.45) is 5.92 Å². The van der Waals surface area contributed by atoms with Crippen molar-refractivity contribution in [3.05, 3.63) is 41.5 Å². The van der Waals surface area contributed by atoms with Gasteiger partial charge >= 0.3 is 0 Å². The first-order valence-corrected chi connectivity index (χ1v) is 7.04. The standard InChI is InChI=1S/C15H19N3O2/c1-10-6-7-16-13(8-10)15-17-14(18-20-15)9-11-2-4-12(19)5-3-11/h2-5,10,13,16,19H,6-9H2,1H3. The summed E-state index contributed by atoms with van der Waals surface area (Å²) < 4.78 is 5.38. The van der Waals surface area contributed by atoms with Gasteiger partial charge in [0.1, 0.15) is 5.75 Å². The zero-order chi connectivity index (χ0) is 13.9. The van der Waals surface area contributed by atoms with Gasteiger partial charge in [-0.25, -0.2) is 0 Å². The molecule has 106 valence electrons. The van der Waals surface area contributed by atoms with Crippen molar-refractivity contribution in [1.82, 2.24) is 15.5 Å². The molecular formula is C15H19N3O2. The molecule has 1 aromatic heterocycles. The Labute approximate surface area is 118 Å². The van der Waals surface area contributed by atoms with E-state index in [0.717, 1.165) is 18.5 Å². The van der Waals surface area contributed by atoms with E-state index in [4.69, 9.17) is 4.52 Å². The first-order valence-electron chi connectivity index (χ1n) is 7.04. The molecule has 2 unspecified atom stereocenters. The van der Waals surface area contributed by atoms with E-state index in [-0.39, 0.29) is 11.8 Å². The van der Waals surface area contributed by atoms with Gasteiger partial charge in [-0.05, 0) is 43.0 Å².